The zero-order valence-corrected chi connectivity index (χ0v) is 10.1. The highest BCUT2D eigenvalue weighted by molar-refractivity contribution is 4.63. The van der Waals surface area contributed by atoms with Crippen LogP contribution in [0, 0.1) is 11.8 Å². The van der Waals surface area contributed by atoms with Gasteiger partial charge in [0, 0.05) is 0 Å². The molecule has 0 heterocycles. The summed E-state index contributed by atoms with van der Waals surface area (Å²) < 4.78 is 0. The van der Waals surface area contributed by atoms with E-state index in [1.54, 1.807) is 0 Å². The predicted molar refractivity (Wildman–Crippen MR) is 62.0 cm³/mol. The van der Waals surface area contributed by atoms with Crippen LogP contribution in [-0.4, -0.2) is 0 Å². The van der Waals surface area contributed by atoms with E-state index in [0.29, 0.717) is 0 Å². The third-order valence-electron chi connectivity index (χ3n) is 2.91. The standard InChI is InChI=1S/C13H28/c1-5-8-12(4)11-13(9-6-2)10-7-3/h12-13H,5-11H2,1-4H3. The third kappa shape index (κ3) is 7.10. The van der Waals surface area contributed by atoms with Crippen LogP contribution in [-0.2, 0) is 0 Å². The molecule has 0 N–H and O–H groups in total. The Morgan fingerprint density at radius 2 is 1.23 bits per heavy atom. The van der Waals surface area contributed by atoms with E-state index in [9.17, 15) is 0 Å². The van der Waals surface area contributed by atoms with Crippen LogP contribution < -0.4 is 0 Å². The molecule has 0 nitrogen and oxygen atoms in total. The summed E-state index contributed by atoms with van der Waals surface area (Å²) in [5.41, 5.74) is 0. The van der Waals surface area contributed by atoms with Gasteiger partial charge in [-0.1, -0.05) is 66.2 Å². The van der Waals surface area contributed by atoms with Crippen LogP contribution in [0.4, 0.5) is 0 Å². The number of hydrogen-bond donors (Lipinski definition) is 0. The lowest BCUT2D eigenvalue weighted by atomic mass is 9.87. The minimum absolute atomic E-state index is 0.952. The maximum Gasteiger partial charge on any atom is -0.0412 e. The first-order valence-electron chi connectivity index (χ1n) is 6.24. The minimum atomic E-state index is 0.952. The normalized spacial score (nSPS) is 13.6. The van der Waals surface area contributed by atoms with E-state index in [0.717, 1.165) is 11.8 Å². The fraction of sp³-hybridized carbons (Fsp3) is 1.00. The van der Waals surface area contributed by atoms with Crippen molar-refractivity contribution < 1.29 is 0 Å². The lowest BCUT2D eigenvalue weighted by Gasteiger charge is -2.19. The second-order valence-corrected chi connectivity index (χ2v) is 4.57. The third-order valence-corrected chi connectivity index (χ3v) is 2.91. The zero-order chi connectivity index (χ0) is 10.1. The summed E-state index contributed by atoms with van der Waals surface area (Å²) in [4.78, 5) is 0. The molecule has 0 aliphatic rings. The summed E-state index contributed by atoms with van der Waals surface area (Å²) in [6.45, 7) is 9.34. The second-order valence-electron chi connectivity index (χ2n) is 4.57. The van der Waals surface area contributed by atoms with Gasteiger partial charge >= 0.3 is 0 Å². The smallest absolute Gasteiger partial charge is 0.0412 e. The number of rotatable bonds is 8. The monoisotopic (exact) mass is 184 g/mol. The molecule has 0 aromatic carbocycles. The molecule has 0 heteroatoms. The molecule has 0 rings (SSSR count). The van der Waals surface area contributed by atoms with Crippen LogP contribution in [0.3, 0.4) is 0 Å². The van der Waals surface area contributed by atoms with Gasteiger partial charge in [0.1, 0.15) is 0 Å². The van der Waals surface area contributed by atoms with E-state index in [2.05, 4.69) is 27.7 Å². The number of hydrogen-bond acceptors (Lipinski definition) is 0. The molecule has 0 aromatic heterocycles. The van der Waals surface area contributed by atoms with Gasteiger partial charge in [0.05, 0.1) is 0 Å². The van der Waals surface area contributed by atoms with E-state index >= 15 is 0 Å². The molecule has 80 valence electrons. The largest absolute Gasteiger partial charge is 0.0654 e. The van der Waals surface area contributed by atoms with Crippen molar-refractivity contribution in [3.63, 3.8) is 0 Å². The van der Waals surface area contributed by atoms with Crippen molar-refractivity contribution in [2.24, 2.45) is 11.8 Å². The molecule has 0 aliphatic heterocycles. The summed E-state index contributed by atoms with van der Waals surface area (Å²) in [6.07, 6.45) is 9.86. The lowest BCUT2D eigenvalue weighted by Crippen LogP contribution is -2.06. The first-order valence-corrected chi connectivity index (χ1v) is 6.24. The van der Waals surface area contributed by atoms with Crippen LogP contribution in [0.25, 0.3) is 0 Å². The van der Waals surface area contributed by atoms with Crippen molar-refractivity contribution in [2.45, 2.75) is 72.6 Å². The van der Waals surface area contributed by atoms with Crippen LogP contribution in [0.1, 0.15) is 72.6 Å². The first-order chi connectivity index (χ1) is 6.24. The van der Waals surface area contributed by atoms with Crippen LogP contribution >= 0.6 is 0 Å². The highest BCUT2D eigenvalue weighted by atomic mass is 14.2. The topological polar surface area (TPSA) is 0 Å². The van der Waals surface area contributed by atoms with Crippen LogP contribution in [0.5, 0.6) is 0 Å². The van der Waals surface area contributed by atoms with E-state index in [1.165, 1.54) is 44.9 Å². The Bertz CT molecular complexity index is 90.2. The van der Waals surface area contributed by atoms with Gasteiger partial charge in [0.25, 0.3) is 0 Å². The Morgan fingerprint density at radius 3 is 1.62 bits per heavy atom. The van der Waals surface area contributed by atoms with Crippen molar-refractivity contribution >= 4 is 0 Å². The molecule has 1 unspecified atom stereocenters. The zero-order valence-electron chi connectivity index (χ0n) is 10.1. The molecule has 0 saturated heterocycles. The van der Waals surface area contributed by atoms with E-state index < -0.39 is 0 Å². The SMILES string of the molecule is CCCC(C)CC(CCC)CCC. The maximum absolute atomic E-state index is 2.42. The average molecular weight is 184 g/mol. The summed E-state index contributed by atoms with van der Waals surface area (Å²) >= 11 is 0. The fourth-order valence-electron chi connectivity index (χ4n) is 2.38. The highest BCUT2D eigenvalue weighted by Gasteiger charge is 2.10. The molecule has 0 radical (unpaired) electrons. The molecule has 13 heavy (non-hydrogen) atoms. The molecule has 0 aromatic rings. The van der Waals surface area contributed by atoms with Gasteiger partial charge in [-0.3, -0.25) is 0 Å². The summed E-state index contributed by atoms with van der Waals surface area (Å²) in [5, 5.41) is 0. The average Bonchev–Trinajstić information content (AvgIpc) is 2.05. The van der Waals surface area contributed by atoms with Crippen molar-refractivity contribution in [1.29, 1.82) is 0 Å². The van der Waals surface area contributed by atoms with Crippen molar-refractivity contribution in [1.82, 2.24) is 0 Å². The Labute approximate surface area is 85.1 Å². The van der Waals surface area contributed by atoms with Crippen molar-refractivity contribution in [2.75, 3.05) is 0 Å². The molecule has 1 atom stereocenters. The van der Waals surface area contributed by atoms with Crippen molar-refractivity contribution in [3.8, 4) is 0 Å². The maximum atomic E-state index is 2.42. The molecule has 0 spiro atoms. The van der Waals surface area contributed by atoms with Gasteiger partial charge in [-0.15, -0.1) is 0 Å². The molecular weight excluding hydrogens is 156 g/mol. The summed E-state index contributed by atoms with van der Waals surface area (Å²) in [7, 11) is 0. The first kappa shape index (κ1) is 13.0. The van der Waals surface area contributed by atoms with Gasteiger partial charge in [-0.05, 0) is 18.3 Å². The van der Waals surface area contributed by atoms with Crippen molar-refractivity contribution in [3.05, 3.63) is 0 Å². The Morgan fingerprint density at radius 1 is 0.769 bits per heavy atom. The quantitative estimate of drug-likeness (QED) is 0.496. The Kier molecular flexibility index (Phi) is 8.59. The molecule has 0 amide bonds. The molecular formula is C13H28. The highest BCUT2D eigenvalue weighted by Crippen LogP contribution is 2.24. The van der Waals surface area contributed by atoms with Crippen LogP contribution in [0.15, 0.2) is 0 Å². The second kappa shape index (κ2) is 8.59. The minimum Gasteiger partial charge on any atom is -0.0654 e. The van der Waals surface area contributed by atoms with E-state index in [-0.39, 0.29) is 0 Å². The Hall–Kier alpha value is 0. The molecule has 0 fully saturated rings. The fourth-order valence-corrected chi connectivity index (χ4v) is 2.38. The summed E-state index contributed by atoms with van der Waals surface area (Å²) in [5.74, 6) is 1.96. The van der Waals surface area contributed by atoms with Gasteiger partial charge in [-0.2, -0.15) is 0 Å². The predicted octanol–water partition coefficient (Wildman–Crippen LogP) is 5.03. The summed E-state index contributed by atoms with van der Waals surface area (Å²) in [6, 6.07) is 0. The lowest BCUT2D eigenvalue weighted by molar-refractivity contribution is 0.332. The molecule has 0 bridgehead atoms. The van der Waals surface area contributed by atoms with Crippen LogP contribution in [0.2, 0.25) is 0 Å². The Balaban J connectivity index is 3.64. The molecule has 0 saturated carbocycles. The van der Waals surface area contributed by atoms with E-state index in [1.807, 2.05) is 0 Å². The van der Waals surface area contributed by atoms with Gasteiger partial charge in [0.2, 0.25) is 0 Å². The van der Waals surface area contributed by atoms with Gasteiger partial charge in [-0.25, -0.2) is 0 Å². The molecule has 0 aliphatic carbocycles. The van der Waals surface area contributed by atoms with Gasteiger partial charge < -0.3 is 0 Å². The van der Waals surface area contributed by atoms with Gasteiger partial charge in [0.15, 0.2) is 0 Å². The van der Waals surface area contributed by atoms with E-state index in [4.69, 9.17) is 0 Å².